The molecule has 0 aliphatic heterocycles. The monoisotopic (exact) mass is 462 g/mol. The van der Waals surface area contributed by atoms with Gasteiger partial charge in [0, 0.05) is 16.8 Å². The van der Waals surface area contributed by atoms with Crippen LogP contribution in [0.5, 0.6) is 0 Å². The van der Waals surface area contributed by atoms with Crippen molar-refractivity contribution in [1.29, 1.82) is 0 Å². The quantitative estimate of drug-likeness (QED) is 0.269. The summed E-state index contributed by atoms with van der Waals surface area (Å²) in [4.78, 5) is 0. The minimum atomic E-state index is -0.0564. The molecule has 0 aliphatic carbocycles. The Kier molecular flexibility index (Phi) is 7.31. The molecule has 0 saturated heterocycles. The summed E-state index contributed by atoms with van der Waals surface area (Å²) in [5.41, 5.74) is 24.1. The van der Waals surface area contributed by atoms with Crippen molar-refractivity contribution in [2.24, 2.45) is 0 Å². The Bertz CT molecular complexity index is 1180. The lowest BCUT2D eigenvalue weighted by Gasteiger charge is -2.30. The minimum absolute atomic E-state index is 0.0564. The summed E-state index contributed by atoms with van der Waals surface area (Å²) in [5.74, 6) is 0. The highest BCUT2D eigenvalue weighted by molar-refractivity contribution is 5.47. The second-order valence-electron chi connectivity index (χ2n) is 10.4. The predicted octanol–water partition coefficient (Wildman–Crippen LogP) is 7.36. The number of nitrogen functional groups attached to an aromatic ring is 2. The molecule has 2 nitrogen and oxygen atoms in total. The van der Waals surface area contributed by atoms with Crippen LogP contribution in [0.15, 0.2) is 84.9 Å². The van der Waals surface area contributed by atoms with E-state index in [1.54, 1.807) is 0 Å². The lowest BCUT2D eigenvalue weighted by Crippen LogP contribution is -2.22. The van der Waals surface area contributed by atoms with Gasteiger partial charge in [-0.1, -0.05) is 74.5 Å². The molecule has 4 aromatic rings. The number of rotatable bonds is 8. The van der Waals surface area contributed by atoms with Gasteiger partial charge in [-0.2, -0.15) is 0 Å². The lowest BCUT2D eigenvalue weighted by molar-refractivity contribution is 0.630. The first-order valence-electron chi connectivity index (χ1n) is 12.6. The zero-order valence-electron chi connectivity index (χ0n) is 21.6. The summed E-state index contributed by atoms with van der Waals surface area (Å²) in [6.45, 7) is 9.19. The normalized spacial score (nSPS) is 11.5. The van der Waals surface area contributed by atoms with Crippen molar-refractivity contribution >= 4 is 11.4 Å². The molecule has 0 bridgehead atoms. The third-order valence-corrected chi connectivity index (χ3v) is 7.29. The molecule has 0 atom stereocenters. The van der Waals surface area contributed by atoms with Crippen LogP contribution in [-0.4, -0.2) is 0 Å². The second kappa shape index (κ2) is 10.4. The van der Waals surface area contributed by atoms with Crippen LogP contribution in [0.4, 0.5) is 11.4 Å². The Morgan fingerprint density at radius 2 is 0.800 bits per heavy atom. The fourth-order valence-corrected chi connectivity index (χ4v) is 5.26. The standard InChI is InChI=1S/C33H38N2/c1-23-21-27(7-5-25-9-15-29(34)16-10-25)13-19-31(23)33(3,4)32-20-14-28(22-24(32)2)8-6-26-11-17-30(35)18-12-26/h9-22H,5-8,34-35H2,1-4H3. The Morgan fingerprint density at radius 3 is 1.14 bits per heavy atom. The van der Waals surface area contributed by atoms with Crippen molar-refractivity contribution < 1.29 is 0 Å². The van der Waals surface area contributed by atoms with E-state index in [9.17, 15) is 0 Å². The lowest BCUT2D eigenvalue weighted by atomic mass is 9.74. The first kappa shape index (κ1) is 24.6. The molecule has 0 unspecified atom stereocenters. The highest BCUT2D eigenvalue weighted by atomic mass is 14.5. The minimum Gasteiger partial charge on any atom is -0.399 e. The van der Waals surface area contributed by atoms with Crippen molar-refractivity contribution in [3.8, 4) is 0 Å². The number of nitrogens with two attached hydrogens (primary N) is 2. The molecule has 0 spiro atoms. The van der Waals surface area contributed by atoms with E-state index in [-0.39, 0.29) is 5.41 Å². The Morgan fingerprint density at radius 1 is 0.486 bits per heavy atom. The SMILES string of the molecule is Cc1cc(CCc2ccc(N)cc2)ccc1C(C)(C)c1ccc(CCc2ccc(N)cc2)cc1C. The third-order valence-electron chi connectivity index (χ3n) is 7.29. The van der Waals surface area contributed by atoms with E-state index in [1.807, 2.05) is 24.3 Å². The smallest absolute Gasteiger partial charge is 0.0314 e. The molecular formula is C33H38N2. The van der Waals surface area contributed by atoms with E-state index in [0.717, 1.165) is 37.1 Å². The Hall–Kier alpha value is -3.52. The molecule has 0 heterocycles. The van der Waals surface area contributed by atoms with Gasteiger partial charge in [-0.05, 0) is 108 Å². The number of hydrogen-bond acceptors (Lipinski definition) is 2. The summed E-state index contributed by atoms with van der Waals surface area (Å²) in [7, 11) is 0. The van der Waals surface area contributed by atoms with Crippen LogP contribution in [0.25, 0.3) is 0 Å². The summed E-state index contributed by atoms with van der Waals surface area (Å²) >= 11 is 0. The molecule has 4 rings (SSSR count). The van der Waals surface area contributed by atoms with E-state index in [0.29, 0.717) is 0 Å². The molecule has 4 aromatic carbocycles. The van der Waals surface area contributed by atoms with Crippen LogP contribution >= 0.6 is 0 Å². The molecule has 0 saturated carbocycles. The van der Waals surface area contributed by atoms with Crippen molar-refractivity contribution in [1.82, 2.24) is 0 Å². The number of hydrogen-bond donors (Lipinski definition) is 2. The molecule has 35 heavy (non-hydrogen) atoms. The van der Waals surface area contributed by atoms with E-state index >= 15 is 0 Å². The summed E-state index contributed by atoms with van der Waals surface area (Å²) in [6.07, 6.45) is 4.12. The van der Waals surface area contributed by atoms with Crippen LogP contribution in [-0.2, 0) is 31.1 Å². The number of benzene rings is 4. The highest BCUT2D eigenvalue weighted by Crippen LogP contribution is 2.36. The first-order valence-corrected chi connectivity index (χ1v) is 12.6. The van der Waals surface area contributed by atoms with Crippen LogP contribution in [0.2, 0.25) is 0 Å². The van der Waals surface area contributed by atoms with E-state index in [4.69, 9.17) is 11.5 Å². The van der Waals surface area contributed by atoms with Crippen molar-refractivity contribution in [2.45, 2.75) is 58.8 Å². The average molecular weight is 463 g/mol. The molecule has 0 aliphatic rings. The van der Waals surface area contributed by atoms with Crippen LogP contribution in [0.1, 0.15) is 58.4 Å². The Labute approximate surface area is 211 Å². The second-order valence-corrected chi connectivity index (χ2v) is 10.4. The molecule has 2 heteroatoms. The molecular weight excluding hydrogens is 424 g/mol. The van der Waals surface area contributed by atoms with E-state index in [1.165, 1.54) is 44.5 Å². The summed E-state index contributed by atoms with van der Waals surface area (Å²) < 4.78 is 0. The zero-order chi connectivity index (χ0) is 25.0. The van der Waals surface area contributed by atoms with Crippen LogP contribution < -0.4 is 11.5 Å². The van der Waals surface area contributed by atoms with Gasteiger partial charge < -0.3 is 11.5 Å². The van der Waals surface area contributed by atoms with E-state index in [2.05, 4.69) is 88.4 Å². The van der Waals surface area contributed by atoms with Gasteiger partial charge in [0.15, 0.2) is 0 Å². The fraction of sp³-hybridized carbons (Fsp3) is 0.273. The van der Waals surface area contributed by atoms with E-state index < -0.39 is 0 Å². The summed E-state index contributed by atoms with van der Waals surface area (Å²) in [5, 5.41) is 0. The van der Waals surface area contributed by atoms with Gasteiger partial charge >= 0.3 is 0 Å². The van der Waals surface area contributed by atoms with Gasteiger partial charge in [0.25, 0.3) is 0 Å². The molecule has 4 N–H and O–H groups in total. The third kappa shape index (κ3) is 5.95. The average Bonchev–Trinajstić information content (AvgIpc) is 2.83. The van der Waals surface area contributed by atoms with Gasteiger partial charge in [-0.25, -0.2) is 0 Å². The van der Waals surface area contributed by atoms with Gasteiger partial charge in [-0.15, -0.1) is 0 Å². The van der Waals surface area contributed by atoms with Crippen molar-refractivity contribution in [2.75, 3.05) is 11.5 Å². The zero-order valence-corrected chi connectivity index (χ0v) is 21.6. The molecule has 0 fully saturated rings. The van der Waals surface area contributed by atoms with Crippen molar-refractivity contribution in [3.63, 3.8) is 0 Å². The number of anilines is 2. The van der Waals surface area contributed by atoms with Gasteiger partial charge in [0.1, 0.15) is 0 Å². The largest absolute Gasteiger partial charge is 0.399 e. The topological polar surface area (TPSA) is 52.0 Å². The van der Waals surface area contributed by atoms with Crippen molar-refractivity contribution in [3.05, 3.63) is 129 Å². The molecule has 0 amide bonds. The fourth-order valence-electron chi connectivity index (χ4n) is 5.26. The van der Waals surface area contributed by atoms with Gasteiger partial charge in [-0.3, -0.25) is 0 Å². The summed E-state index contributed by atoms with van der Waals surface area (Å²) in [6, 6.07) is 30.5. The molecule has 0 radical (unpaired) electrons. The Balaban J connectivity index is 1.46. The maximum absolute atomic E-state index is 5.82. The van der Waals surface area contributed by atoms with Gasteiger partial charge in [0.2, 0.25) is 0 Å². The maximum Gasteiger partial charge on any atom is 0.0314 e. The maximum atomic E-state index is 5.82. The van der Waals surface area contributed by atoms with Crippen LogP contribution in [0.3, 0.4) is 0 Å². The number of aryl methyl sites for hydroxylation is 6. The van der Waals surface area contributed by atoms with Crippen LogP contribution in [0, 0.1) is 13.8 Å². The van der Waals surface area contributed by atoms with Gasteiger partial charge in [0.05, 0.1) is 0 Å². The highest BCUT2D eigenvalue weighted by Gasteiger charge is 2.26. The molecule has 180 valence electrons. The first-order chi connectivity index (χ1) is 16.7. The predicted molar refractivity (Wildman–Crippen MR) is 151 cm³/mol. The molecule has 0 aromatic heterocycles.